The molecule has 5 heteroatoms. The first kappa shape index (κ1) is 13.1. The van der Waals surface area contributed by atoms with Gasteiger partial charge in [-0.1, -0.05) is 13.8 Å². The molecule has 0 aliphatic carbocycles. The van der Waals surface area contributed by atoms with Crippen LogP contribution < -0.4 is 5.32 Å². The Bertz CT molecular complexity index is 264. The fraction of sp³-hybridized carbons (Fsp3) is 0.818. The molecular weight excluding hydrogens is 208 g/mol. The summed E-state index contributed by atoms with van der Waals surface area (Å²) in [6.45, 7) is 5.71. The highest BCUT2D eigenvalue weighted by molar-refractivity contribution is 6.05. The van der Waals surface area contributed by atoms with Crippen LogP contribution in [-0.4, -0.2) is 44.7 Å². The Kier molecular flexibility index (Phi) is 5.42. The number of amidine groups is 1. The number of methoxy groups -OCH3 is 1. The smallest absolute Gasteiger partial charge is 0.250 e. The molecule has 1 atom stereocenters. The number of rotatable bonds is 7. The number of aliphatic imine (C=N–C) groups is 1. The molecule has 0 bridgehead atoms. The van der Waals surface area contributed by atoms with Crippen molar-refractivity contribution in [2.24, 2.45) is 10.9 Å². The number of carbonyl (C=O) groups is 1. The summed E-state index contributed by atoms with van der Waals surface area (Å²) in [6.07, 6.45) is 0.651. The van der Waals surface area contributed by atoms with Crippen LogP contribution in [0, 0.1) is 5.92 Å². The molecule has 0 saturated heterocycles. The third-order valence-corrected chi connectivity index (χ3v) is 2.38. The first-order valence-corrected chi connectivity index (χ1v) is 5.59. The predicted octanol–water partition coefficient (Wildman–Crippen LogP) is 0.592. The number of amides is 1. The van der Waals surface area contributed by atoms with Gasteiger partial charge in [0.05, 0.1) is 19.8 Å². The van der Waals surface area contributed by atoms with Gasteiger partial charge in [0, 0.05) is 13.5 Å². The van der Waals surface area contributed by atoms with Gasteiger partial charge < -0.3 is 14.8 Å². The standard InChI is InChI=1S/C11H20N2O3/c1-8(2)10-11(14)13-9(12-10)4-5-16-7-6-15-3/h8,10H,4-7H2,1-3H3,(H,12,13,14). The topological polar surface area (TPSA) is 59.9 Å². The lowest BCUT2D eigenvalue weighted by molar-refractivity contribution is -0.120. The fourth-order valence-corrected chi connectivity index (χ4v) is 1.47. The Morgan fingerprint density at radius 3 is 2.69 bits per heavy atom. The predicted molar refractivity (Wildman–Crippen MR) is 61.5 cm³/mol. The van der Waals surface area contributed by atoms with Crippen molar-refractivity contribution in [2.45, 2.75) is 26.3 Å². The zero-order chi connectivity index (χ0) is 12.0. The normalized spacial score (nSPS) is 20.1. The number of nitrogens with zero attached hydrogens (tertiary/aromatic N) is 1. The summed E-state index contributed by atoms with van der Waals surface area (Å²) < 4.78 is 10.2. The van der Waals surface area contributed by atoms with Gasteiger partial charge in [0.1, 0.15) is 11.9 Å². The van der Waals surface area contributed by atoms with Crippen molar-refractivity contribution in [2.75, 3.05) is 26.9 Å². The zero-order valence-corrected chi connectivity index (χ0v) is 10.2. The highest BCUT2D eigenvalue weighted by Gasteiger charge is 2.28. The van der Waals surface area contributed by atoms with Crippen molar-refractivity contribution in [3.63, 3.8) is 0 Å². The second-order valence-corrected chi connectivity index (χ2v) is 4.11. The van der Waals surface area contributed by atoms with Crippen molar-refractivity contribution < 1.29 is 14.3 Å². The number of ether oxygens (including phenoxy) is 2. The van der Waals surface area contributed by atoms with Gasteiger partial charge in [-0.05, 0) is 5.92 Å². The molecule has 1 aliphatic heterocycles. The van der Waals surface area contributed by atoms with E-state index in [-0.39, 0.29) is 17.9 Å². The molecule has 1 amide bonds. The minimum atomic E-state index is -0.228. The largest absolute Gasteiger partial charge is 0.382 e. The lowest BCUT2D eigenvalue weighted by Crippen LogP contribution is -2.31. The number of carbonyl (C=O) groups excluding carboxylic acids is 1. The summed E-state index contributed by atoms with van der Waals surface area (Å²) in [4.78, 5) is 15.8. The maximum atomic E-state index is 11.5. The van der Waals surface area contributed by atoms with E-state index in [1.165, 1.54) is 0 Å². The summed E-state index contributed by atoms with van der Waals surface area (Å²) in [6, 6.07) is -0.228. The molecule has 0 aromatic heterocycles. The highest BCUT2D eigenvalue weighted by Crippen LogP contribution is 2.12. The monoisotopic (exact) mass is 228 g/mol. The Labute approximate surface area is 96.2 Å². The Morgan fingerprint density at radius 1 is 1.38 bits per heavy atom. The van der Waals surface area contributed by atoms with E-state index in [0.717, 1.165) is 5.84 Å². The van der Waals surface area contributed by atoms with E-state index in [0.29, 0.717) is 26.2 Å². The summed E-state index contributed by atoms with van der Waals surface area (Å²) in [5, 5.41) is 2.78. The third-order valence-electron chi connectivity index (χ3n) is 2.38. The Balaban J connectivity index is 2.23. The number of hydrogen-bond acceptors (Lipinski definition) is 4. The van der Waals surface area contributed by atoms with E-state index in [9.17, 15) is 4.79 Å². The fourth-order valence-electron chi connectivity index (χ4n) is 1.47. The van der Waals surface area contributed by atoms with Crippen LogP contribution in [0.5, 0.6) is 0 Å². The molecule has 5 nitrogen and oxygen atoms in total. The van der Waals surface area contributed by atoms with E-state index in [2.05, 4.69) is 10.3 Å². The van der Waals surface area contributed by atoms with Gasteiger partial charge in [0.25, 0.3) is 0 Å². The molecule has 1 N–H and O–H groups in total. The Morgan fingerprint density at radius 2 is 2.12 bits per heavy atom. The van der Waals surface area contributed by atoms with E-state index in [4.69, 9.17) is 9.47 Å². The SMILES string of the molecule is COCCOCCC1=NC(C(C)C)C(=O)N1. The lowest BCUT2D eigenvalue weighted by Gasteiger charge is -2.06. The average Bonchev–Trinajstić information content (AvgIpc) is 2.59. The van der Waals surface area contributed by atoms with Gasteiger partial charge in [0.2, 0.25) is 5.91 Å². The molecule has 1 rings (SSSR count). The van der Waals surface area contributed by atoms with Crippen LogP contribution in [0.15, 0.2) is 4.99 Å². The average molecular weight is 228 g/mol. The van der Waals surface area contributed by atoms with Crippen LogP contribution in [0.2, 0.25) is 0 Å². The van der Waals surface area contributed by atoms with Crippen LogP contribution in [-0.2, 0) is 14.3 Å². The van der Waals surface area contributed by atoms with Crippen LogP contribution in [0.1, 0.15) is 20.3 Å². The molecule has 0 aromatic rings. The van der Waals surface area contributed by atoms with Gasteiger partial charge in [-0.25, -0.2) is 0 Å². The minimum absolute atomic E-state index is 0.00175. The quantitative estimate of drug-likeness (QED) is 0.649. The van der Waals surface area contributed by atoms with E-state index in [1.54, 1.807) is 7.11 Å². The van der Waals surface area contributed by atoms with Gasteiger partial charge >= 0.3 is 0 Å². The van der Waals surface area contributed by atoms with E-state index in [1.807, 2.05) is 13.8 Å². The van der Waals surface area contributed by atoms with E-state index < -0.39 is 0 Å². The summed E-state index contributed by atoms with van der Waals surface area (Å²) >= 11 is 0. The number of nitrogens with one attached hydrogen (secondary N) is 1. The number of hydrogen-bond donors (Lipinski definition) is 1. The van der Waals surface area contributed by atoms with Crippen molar-refractivity contribution in [1.29, 1.82) is 0 Å². The van der Waals surface area contributed by atoms with Crippen molar-refractivity contribution in [1.82, 2.24) is 5.32 Å². The van der Waals surface area contributed by atoms with Crippen molar-refractivity contribution >= 4 is 11.7 Å². The Hall–Kier alpha value is -0.940. The van der Waals surface area contributed by atoms with Gasteiger partial charge in [-0.2, -0.15) is 0 Å². The molecule has 1 unspecified atom stereocenters. The van der Waals surface area contributed by atoms with Gasteiger partial charge in [-0.15, -0.1) is 0 Å². The van der Waals surface area contributed by atoms with Crippen LogP contribution in [0.3, 0.4) is 0 Å². The molecule has 1 aliphatic rings. The first-order chi connectivity index (χ1) is 7.65. The molecular formula is C11H20N2O3. The summed E-state index contributed by atoms with van der Waals surface area (Å²) in [7, 11) is 1.64. The summed E-state index contributed by atoms with van der Waals surface area (Å²) in [5.74, 6) is 0.981. The molecule has 0 radical (unpaired) electrons. The van der Waals surface area contributed by atoms with Crippen LogP contribution in [0.4, 0.5) is 0 Å². The summed E-state index contributed by atoms with van der Waals surface area (Å²) in [5.41, 5.74) is 0. The van der Waals surface area contributed by atoms with Crippen LogP contribution in [0.25, 0.3) is 0 Å². The molecule has 0 spiro atoms. The van der Waals surface area contributed by atoms with Gasteiger partial charge in [-0.3, -0.25) is 9.79 Å². The van der Waals surface area contributed by atoms with Gasteiger partial charge in [0.15, 0.2) is 0 Å². The van der Waals surface area contributed by atoms with Crippen molar-refractivity contribution in [3.8, 4) is 0 Å². The lowest BCUT2D eigenvalue weighted by atomic mass is 10.1. The molecule has 16 heavy (non-hydrogen) atoms. The maximum absolute atomic E-state index is 11.5. The second kappa shape index (κ2) is 6.60. The first-order valence-electron chi connectivity index (χ1n) is 5.59. The van der Waals surface area contributed by atoms with Crippen LogP contribution >= 0.6 is 0 Å². The highest BCUT2D eigenvalue weighted by atomic mass is 16.5. The second-order valence-electron chi connectivity index (χ2n) is 4.11. The zero-order valence-electron chi connectivity index (χ0n) is 10.2. The molecule has 0 aromatic carbocycles. The van der Waals surface area contributed by atoms with Crippen molar-refractivity contribution in [3.05, 3.63) is 0 Å². The molecule has 1 heterocycles. The molecule has 0 fully saturated rings. The molecule has 0 saturated carbocycles. The third kappa shape index (κ3) is 3.90. The molecule has 92 valence electrons. The van der Waals surface area contributed by atoms with E-state index >= 15 is 0 Å². The minimum Gasteiger partial charge on any atom is -0.382 e. The maximum Gasteiger partial charge on any atom is 0.250 e.